The molecule has 0 spiro atoms. The van der Waals surface area contributed by atoms with Crippen LogP contribution in [-0.2, 0) is 4.74 Å². The number of rotatable bonds is 4. The normalized spacial score (nSPS) is 19.1. The number of likely N-dealkylation sites (tertiary alicyclic amines) is 1. The van der Waals surface area contributed by atoms with E-state index in [-0.39, 0.29) is 17.8 Å². The van der Waals surface area contributed by atoms with Crippen molar-refractivity contribution in [2.24, 2.45) is 0 Å². The molecule has 5 nitrogen and oxygen atoms in total. The van der Waals surface area contributed by atoms with Crippen LogP contribution in [0.5, 0.6) is 0 Å². The van der Waals surface area contributed by atoms with E-state index in [9.17, 15) is 4.79 Å². The molecule has 1 fully saturated rings. The number of amides is 1. The van der Waals surface area contributed by atoms with Crippen molar-refractivity contribution < 1.29 is 9.53 Å². The fourth-order valence-corrected chi connectivity index (χ4v) is 2.46. The molecular weight excluding hydrogens is 278 g/mol. The molecule has 2 rings (SSSR count). The summed E-state index contributed by atoms with van der Waals surface area (Å²) >= 11 is 5.91. The van der Waals surface area contributed by atoms with Crippen LogP contribution in [0.1, 0.15) is 36.5 Å². The number of anilines is 1. The van der Waals surface area contributed by atoms with E-state index in [1.165, 1.54) is 6.20 Å². The molecule has 20 heavy (non-hydrogen) atoms. The first-order valence-corrected chi connectivity index (χ1v) is 7.31. The molecule has 0 radical (unpaired) electrons. The number of pyridine rings is 1. The van der Waals surface area contributed by atoms with E-state index >= 15 is 0 Å². The van der Waals surface area contributed by atoms with Gasteiger partial charge in [-0.15, -0.1) is 0 Å². The largest absolute Gasteiger partial charge is 0.382 e. The highest BCUT2D eigenvalue weighted by Gasteiger charge is 2.25. The molecule has 0 bridgehead atoms. The maximum atomic E-state index is 12.4. The summed E-state index contributed by atoms with van der Waals surface area (Å²) in [6.45, 7) is 4.18. The third-order valence-electron chi connectivity index (χ3n) is 3.34. The Morgan fingerprint density at radius 2 is 2.45 bits per heavy atom. The van der Waals surface area contributed by atoms with Gasteiger partial charge in [-0.05, 0) is 25.3 Å². The fourth-order valence-electron chi connectivity index (χ4n) is 2.29. The Bertz CT molecular complexity index is 481. The number of hydrogen-bond acceptors (Lipinski definition) is 4. The molecular formula is C14H20ClN3O2. The summed E-state index contributed by atoms with van der Waals surface area (Å²) in [7, 11) is 0. The Balaban J connectivity index is 2.02. The zero-order valence-electron chi connectivity index (χ0n) is 11.6. The second-order valence-electron chi connectivity index (χ2n) is 4.98. The van der Waals surface area contributed by atoms with Crippen molar-refractivity contribution in [3.63, 3.8) is 0 Å². The third kappa shape index (κ3) is 3.61. The van der Waals surface area contributed by atoms with E-state index in [0.29, 0.717) is 17.1 Å². The van der Waals surface area contributed by atoms with E-state index in [0.717, 1.165) is 32.4 Å². The fraction of sp³-hybridized carbons (Fsp3) is 0.571. The first-order valence-electron chi connectivity index (χ1n) is 6.93. The maximum Gasteiger partial charge on any atom is 0.255 e. The van der Waals surface area contributed by atoms with Crippen molar-refractivity contribution in [3.8, 4) is 0 Å². The van der Waals surface area contributed by atoms with Crippen LogP contribution in [0.3, 0.4) is 0 Å². The van der Waals surface area contributed by atoms with Gasteiger partial charge in [-0.3, -0.25) is 4.79 Å². The molecule has 1 aromatic heterocycles. The van der Waals surface area contributed by atoms with Crippen molar-refractivity contribution in [3.05, 3.63) is 22.8 Å². The van der Waals surface area contributed by atoms with Crippen LogP contribution >= 0.6 is 11.6 Å². The van der Waals surface area contributed by atoms with Crippen molar-refractivity contribution in [2.45, 2.75) is 32.3 Å². The molecule has 1 aliphatic heterocycles. The molecule has 1 unspecified atom stereocenters. The Hall–Kier alpha value is -1.33. The minimum Gasteiger partial charge on any atom is -0.382 e. The van der Waals surface area contributed by atoms with Gasteiger partial charge in [-0.1, -0.05) is 18.5 Å². The Morgan fingerprint density at radius 1 is 1.65 bits per heavy atom. The second-order valence-corrected chi connectivity index (χ2v) is 5.38. The molecule has 1 aromatic rings. The van der Waals surface area contributed by atoms with Crippen LogP contribution < -0.4 is 5.73 Å². The summed E-state index contributed by atoms with van der Waals surface area (Å²) in [5, 5.41) is 0.312. The Morgan fingerprint density at radius 3 is 3.15 bits per heavy atom. The van der Waals surface area contributed by atoms with Gasteiger partial charge >= 0.3 is 0 Å². The standard InChI is InChI=1S/C14H20ClN3O2/c1-2-6-20-11-4-3-5-18(9-11)14(19)10-7-12(15)13(16)17-8-10/h7-8,11H,2-6,9H2,1H3,(H2,16,17). The van der Waals surface area contributed by atoms with Crippen molar-refractivity contribution in [1.29, 1.82) is 0 Å². The molecule has 110 valence electrons. The van der Waals surface area contributed by atoms with E-state index in [2.05, 4.69) is 11.9 Å². The van der Waals surface area contributed by atoms with Crippen molar-refractivity contribution in [2.75, 3.05) is 25.4 Å². The lowest BCUT2D eigenvalue weighted by atomic mass is 10.1. The first-order chi connectivity index (χ1) is 9.61. The van der Waals surface area contributed by atoms with Crippen LogP contribution in [0.25, 0.3) is 0 Å². The van der Waals surface area contributed by atoms with Gasteiger partial charge in [0.05, 0.1) is 16.7 Å². The van der Waals surface area contributed by atoms with Gasteiger partial charge in [0.25, 0.3) is 5.91 Å². The predicted molar refractivity (Wildman–Crippen MR) is 78.8 cm³/mol. The monoisotopic (exact) mass is 297 g/mol. The zero-order chi connectivity index (χ0) is 14.5. The highest BCUT2D eigenvalue weighted by atomic mass is 35.5. The number of nitrogen functional groups attached to an aromatic ring is 1. The average Bonchev–Trinajstić information content (AvgIpc) is 2.47. The van der Waals surface area contributed by atoms with Crippen LogP contribution in [0, 0.1) is 0 Å². The lowest BCUT2D eigenvalue weighted by Gasteiger charge is -2.32. The van der Waals surface area contributed by atoms with Crippen molar-refractivity contribution in [1.82, 2.24) is 9.88 Å². The number of carbonyl (C=O) groups is 1. The van der Waals surface area contributed by atoms with Crippen LogP contribution in [0.4, 0.5) is 5.82 Å². The Labute approximate surface area is 124 Å². The maximum absolute atomic E-state index is 12.4. The minimum atomic E-state index is -0.0656. The highest BCUT2D eigenvalue weighted by molar-refractivity contribution is 6.33. The van der Waals surface area contributed by atoms with E-state index < -0.39 is 0 Å². The predicted octanol–water partition coefficient (Wildman–Crippen LogP) is 2.35. The van der Waals surface area contributed by atoms with E-state index in [1.54, 1.807) is 11.0 Å². The number of halogens is 1. The Kier molecular flexibility index (Phi) is 5.20. The second kappa shape index (κ2) is 6.90. The van der Waals surface area contributed by atoms with Gasteiger partial charge in [0, 0.05) is 25.9 Å². The number of carbonyl (C=O) groups excluding carboxylic acids is 1. The van der Waals surface area contributed by atoms with Gasteiger partial charge < -0.3 is 15.4 Å². The van der Waals surface area contributed by atoms with Gasteiger partial charge in [-0.2, -0.15) is 0 Å². The highest BCUT2D eigenvalue weighted by Crippen LogP contribution is 2.20. The van der Waals surface area contributed by atoms with Gasteiger partial charge in [-0.25, -0.2) is 4.98 Å². The first kappa shape index (κ1) is 15.1. The van der Waals surface area contributed by atoms with Gasteiger partial charge in [0.15, 0.2) is 0 Å². The SMILES string of the molecule is CCCOC1CCCN(C(=O)c2cnc(N)c(Cl)c2)C1. The number of aromatic nitrogens is 1. The quantitative estimate of drug-likeness (QED) is 0.926. The minimum absolute atomic E-state index is 0.0656. The molecule has 2 heterocycles. The lowest BCUT2D eigenvalue weighted by Crippen LogP contribution is -2.43. The molecule has 0 saturated carbocycles. The van der Waals surface area contributed by atoms with E-state index in [4.69, 9.17) is 22.1 Å². The molecule has 0 aliphatic carbocycles. The molecule has 1 aliphatic rings. The number of nitrogens with two attached hydrogens (primary N) is 1. The summed E-state index contributed by atoms with van der Waals surface area (Å²) in [6, 6.07) is 1.57. The molecule has 6 heteroatoms. The van der Waals surface area contributed by atoms with Crippen molar-refractivity contribution >= 4 is 23.3 Å². The number of ether oxygens (including phenoxy) is 1. The smallest absolute Gasteiger partial charge is 0.255 e. The third-order valence-corrected chi connectivity index (χ3v) is 3.64. The molecule has 1 saturated heterocycles. The number of hydrogen-bond donors (Lipinski definition) is 1. The topological polar surface area (TPSA) is 68.5 Å². The molecule has 2 N–H and O–H groups in total. The molecule has 1 amide bonds. The van der Waals surface area contributed by atoms with Crippen LogP contribution in [-0.4, -0.2) is 41.6 Å². The van der Waals surface area contributed by atoms with E-state index in [1.807, 2.05) is 0 Å². The summed E-state index contributed by atoms with van der Waals surface area (Å²) < 4.78 is 5.74. The summed E-state index contributed by atoms with van der Waals surface area (Å²) in [5.41, 5.74) is 6.03. The van der Waals surface area contributed by atoms with Crippen LogP contribution in [0.15, 0.2) is 12.3 Å². The summed E-state index contributed by atoms with van der Waals surface area (Å²) in [6.07, 6.45) is 4.55. The molecule has 0 aromatic carbocycles. The zero-order valence-corrected chi connectivity index (χ0v) is 12.4. The lowest BCUT2D eigenvalue weighted by molar-refractivity contribution is 0.00210. The van der Waals surface area contributed by atoms with Gasteiger partial charge in [0.1, 0.15) is 5.82 Å². The summed E-state index contributed by atoms with van der Waals surface area (Å²) in [5.74, 6) is 0.176. The number of nitrogens with zero attached hydrogens (tertiary/aromatic N) is 2. The number of piperidine rings is 1. The average molecular weight is 298 g/mol. The van der Waals surface area contributed by atoms with Gasteiger partial charge in [0.2, 0.25) is 0 Å². The van der Waals surface area contributed by atoms with Crippen LogP contribution in [0.2, 0.25) is 5.02 Å². The summed E-state index contributed by atoms with van der Waals surface area (Å²) in [4.78, 5) is 18.1. The molecule has 1 atom stereocenters.